The zero-order chi connectivity index (χ0) is 13.3. The summed E-state index contributed by atoms with van der Waals surface area (Å²) in [5.41, 5.74) is 0.735. The first kappa shape index (κ1) is 12.4. The van der Waals surface area contributed by atoms with Crippen LogP contribution in [0.25, 0.3) is 11.3 Å². The summed E-state index contributed by atoms with van der Waals surface area (Å²) in [5.74, 6) is -1.83. The Balaban J connectivity index is 2.50. The van der Waals surface area contributed by atoms with Crippen LogP contribution in [-0.4, -0.2) is 28.4 Å². The maximum Gasteiger partial charge on any atom is 0.353 e. The number of carboxylic acids is 1. The number of hydrogen-bond acceptors (Lipinski definition) is 3. The molecule has 94 valence electrons. The molecule has 1 aromatic heterocycles. The molecule has 1 aromatic carbocycles. The van der Waals surface area contributed by atoms with Gasteiger partial charge in [-0.3, -0.25) is 5.10 Å². The number of benzene rings is 1. The second-order valence-corrected chi connectivity index (χ2v) is 3.85. The Labute approximate surface area is 106 Å². The van der Waals surface area contributed by atoms with Crippen molar-refractivity contribution in [3.63, 3.8) is 0 Å². The fourth-order valence-electron chi connectivity index (χ4n) is 1.44. The van der Waals surface area contributed by atoms with E-state index in [1.165, 1.54) is 25.3 Å². The van der Waals surface area contributed by atoms with E-state index in [1.54, 1.807) is 0 Å². The van der Waals surface area contributed by atoms with Crippen molar-refractivity contribution in [2.24, 2.45) is 0 Å². The summed E-state index contributed by atoms with van der Waals surface area (Å²) in [6.45, 7) is 0. The lowest BCUT2D eigenvalue weighted by atomic mass is 10.1. The first-order valence-corrected chi connectivity index (χ1v) is 5.23. The van der Waals surface area contributed by atoms with E-state index in [2.05, 4.69) is 10.2 Å². The lowest BCUT2D eigenvalue weighted by molar-refractivity contribution is 0.0690. The molecule has 0 aliphatic heterocycles. The summed E-state index contributed by atoms with van der Waals surface area (Å²) < 4.78 is 18.3. The second kappa shape index (κ2) is 4.66. The number of aromatic carboxylic acids is 1. The smallest absolute Gasteiger partial charge is 0.353 e. The van der Waals surface area contributed by atoms with Crippen molar-refractivity contribution in [3.8, 4) is 17.0 Å². The van der Waals surface area contributed by atoms with Gasteiger partial charge in [0, 0.05) is 5.56 Å². The number of H-pyrrole nitrogens is 1. The highest BCUT2D eigenvalue weighted by Gasteiger charge is 2.14. The molecular formula is C11H8ClFN2O3. The van der Waals surface area contributed by atoms with E-state index < -0.39 is 11.8 Å². The number of rotatable bonds is 3. The zero-order valence-electron chi connectivity index (χ0n) is 9.20. The molecule has 2 rings (SSSR count). The second-order valence-electron chi connectivity index (χ2n) is 3.45. The maximum atomic E-state index is 13.5. The molecule has 0 unspecified atom stereocenters. The van der Waals surface area contributed by atoms with Crippen LogP contribution < -0.4 is 4.74 Å². The SMILES string of the molecule is COc1cc(-c2cc(C(=O)O)[nH]n2)cc(Cl)c1F. The van der Waals surface area contributed by atoms with Crippen LogP contribution in [0, 0.1) is 5.82 Å². The van der Waals surface area contributed by atoms with E-state index in [0.29, 0.717) is 11.3 Å². The molecule has 0 saturated carbocycles. The Hall–Kier alpha value is -2.08. The third-order valence-electron chi connectivity index (χ3n) is 2.32. The molecule has 0 saturated heterocycles. The summed E-state index contributed by atoms with van der Waals surface area (Å²) in [6, 6.07) is 4.07. The normalized spacial score (nSPS) is 10.4. The third kappa shape index (κ3) is 2.14. The molecule has 1 heterocycles. The highest BCUT2D eigenvalue weighted by molar-refractivity contribution is 6.31. The summed E-state index contributed by atoms with van der Waals surface area (Å²) in [4.78, 5) is 10.7. The van der Waals surface area contributed by atoms with Gasteiger partial charge in [-0.2, -0.15) is 5.10 Å². The molecule has 0 bridgehead atoms. The van der Waals surface area contributed by atoms with E-state index >= 15 is 0 Å². The number of aromatic amines is 1. The van der Waals surface area contributed by atoms with Gasteiger partial charge in [-0.25, -0.2) is 9.18 Å². The number of carboxylic acid groups (broad SMARTS) is 1. The molecule has 7 heteroatoms. The lowest BCUT2D eigenvalue weighted by Gasteiger charge is -2.05. The summed E-state index contributed by atoms with van der Waals surface area (Å²) in [6.07, 6.45) is 0. The minimum absolute atomic E-state index is 0.0302. The molecule has 2 aromatic rings. The van der Waals surface area contributed by atoms with E-state index in [0.717, 1.165) is 0 Å². The number of ether oxygens (including phenoxy) is 1. The fourth-order valence-corrected chi connectivity index (χ4v) is 1.65. The van der Waals surface area contributed by atoms with Crippen molar-refractivity contribution in [2.75, 3.05) is 7.11 Å². The molecule has 0 atom stereocenters. The monoisotopic (exact) mass is 270 g/mol. The summed E-state index contributed by atoms with van der Waals surface area (Å²) >= 11 is 5.71. The molecule has 0 fully saturated rings. The Bertz CT molecular complexity index is 612. The molecular weight excluding hydrogens is 263 g/mol. The lowest BCUT2D eigenvalue weighted by Crippen LogP contribution is -1.95. The fraction of sp³-hybridized carbons (Fsp3) is 0.0909. The topological polar surface area (TPSA) is 75.2 Å². The van der Waals surface area contributed by atoms with Crippen molar-refractivity contribution in [1.82, 2.24) is 10.2 Å². The van der Waals surface area contributed by atoms with Gasteiger partial charge in [0.2, 0.25) is 0 Å². The maximum absolute atomic E-state index is 13.5. The Kier molecular flexibility index (Phi) is 3.20. The van der Waals surface area contributed by atoms with Crippen LogP contribution in [-0.2, 0) is 0 Å². The standard InChI is InChI=1S/C11H8ClFN2O3/c1-18-9-3-5(2-6(12)10(9)13)7-4-8(11(16)17)15-14-7/h2-4H,1H3,(H,14,15)(H,16,17). The van der Waals surface area contributed by atoms with Gasteiger partial charge >= 0.3 is 5.97 Å². The quantitative estimate of drug-likeness (QED) is 0.899. The molecule has 0 spiro atoms. The van der Waals surface area contributed by atoms with Crippen molar-refractivity contribution in [2.45, 2.75) is 0 Å². The van der Waals surface area contributed by atoms with Crippen molar-refractivity contribution in [3.05, 3.63) is 34.7 Å². The van der Waals surface area contributed by atoms with E-state index in [9.17, 15) is 9.18 Å². The van der Waals surface area contributed by atoms with Gasteiger partial charge in [-0.15, -0.1) is 0 Å². The number of aromatic nitrogens is 2. The Morgan fingerprint density at radius 2 is 2.22 bits per heavy atom. The van der Waals surface area contributed by atoms with Gasteiger partial charge in [-0.1, -0.05) is 11.6 Å². The molecule has 2 N–H and O–H groups in total. The summed E-state index contributed by atoms with van der Waals surface area (Å²) in [7, 11) is 1.31. The molecule has 0 aliphatic carbocycles. The highest BCUT2D eigenvalue weighted by Crippen LogP contribution is 2.31. The predicted octanol–water partition coefficient (Wildman–Crippen LogP) is 2.58. The minimum atomic E-state index is -1.13. The first-order valence-electron chi connectivity index (χ1n) is 4.85. The van der Waals surface area contributed by atoms with Crippen LogP contribution in [0.2, 0.25) is 5.02 Å². The number of halogens is 2. The van der Waals surface area contributed by atoms with E-state index in [4.69, 9.17) is 21.4 Å². The number of carbonyl (C=O) groups is 1. The van der Waals surface area contributed by atoms with Crippen LogP contribution in [0.15, 0.2) is 18.2 Å². The molecule has 5 nitrogen and oxygen atoms in total. The van der Waals surface area contributed by atoms with Crippen LogP contribution in [0.3, 0.4) is 0 Å². The van der Waals surface area contributed by atoms with Gasteiger partial charge in [0.15, 0.2) is 11.6 Å². The van der Waals surface area contributed by atoms with Crippen molar-refractivity contribution in [1.29, 1.82) is 0 Å². The largest absolute Gasteiger partial charge is 0.494 e. The third-order valence-corrected chi connectivity index (χ3v) is 2.59. The van der Waals surface area contributed by atoms with Gasteiger partial charge < -0.3 is 9.84 Å². The van der Waals surface area contributed by atoms with Crippen LogP contribution >= 0.6 is 11.6 Å². The number of nitrogens with zero attached hydrogens (tertiary/aromatic N) is 1. The zero-order valence-corrected chi connectivity index (χ0v) is 9.95. The Morgan fingerprint density at radius 3 is 2.78 bits per heavy atom. The molecule has 0 amide bonds. The van der Waals surface area contributed by atoms with Gasteiger partial charge in [-0.05, 0) is 18.2 Å². The molecule has 0 radical (unpaired) electrons. The van der Waals surface area contributed by atoms with Gasteiger partial charge in [0.1, 0.15) is 5.69 Å². The van der Waals surface area contributed by atoms with E-state index in [-0.39, 0.29) is 16.5 Å². The van der Waals surface area contributed by atoms with Crippen LogP contribution in [0.5, 0.6) is 5.75 Å². The van der Waals surface area contributed by atoms with Crippen molar-refractivity contribution < 1.29 is 19.0 Å². The minimum Gasteiger partial charge on any atom is -0.494 e. The van der Waals surface area contributed by atoms with Crippen LogP contribution in [0.4, 0.5) is 4.39 Å². The van der Waals surface area contributed by atoms with Crippen LogP contribution in [0.1, 0.15) is 10.5 Å². The average molecular weight is 271 g/mol. The molecule has 0 aliphatic rings. The number of methoxy groups -OCH3 is 1. The Morgan fingerprint density at radius 1 is 1.50 bits per heavy atom. The average Bonchev–Trinajstić information content (AvgIpc) is 2.82. The van der Waals surface area contributed by atoms with Crippen molar-refractivity contribution >= 4 is 17.6 Å². The van der Waals surface area contributed by atoms with Gasteiger partial charge in [0.25, 0.3) is 0 Å². The van der Waals surface area contributed by atoms with E-state index in [1.807, 2.05) is 0 Å². The first-order chi connectivity index (χ1) is 8.52. The predicted molar refractivity (Wildman–Crippen MR) is 62.5 cm³/mol. The summed E-state index contributed by atoms with van der Waals surface area (Å²) in [5, 5.41) is 14.8. The highest BCUT2D eigenvalue weighted by atomic mass is 35.5. The number of hydrogen-bond donors (Lipinski definition) is 2. The van der Waals surface area contributed by atoms with Gasteiger partial charge in [0.05, 0.1) is 17.8 Å². The number of nitrogens with one attached hydrogen (secondary N) is 1. The molecule has 18 heavy (non-hydrogen) atoms.